The van der Waals surface area contributed by atoms with Gasteiger partial charge in [-0.05, 0) is 19.9 Å². The highest BCUT2D eigenvalue weighted by Gasteiger charge is 2.55. The number of aliphatic hydroxyl groups excluding tert-OH is 1. The van der Waals surface area contributed by atoms with Crippen LogP contribution < -0.4 is 11.4 Å². The van der Waals surface area contributed by atoms with Crippen LogP contribution in [0.4, 0.5) is 5.82 Å². The predicted molar refractivity (Wildman–Crippen MR) is 67.7 cm³/mol. The van der Waals surface area contributed by atoms with Gasteiger partial charge >= 0.3 is 5.69 Å². The van der Waals surface area contributed by atoms with E-state index in [4.69, 9.17) is 19.9 Å². The normalized spacial score (nSPS) is 35.1. The van der Waals surface area contributed by atoms with Gasteiger partial charge in [0.15, 0.2) is 12.0 Å². The van der Waals surface area contributed by atoms with Crippen LogP contribution in [0.2, 0.25) is 0 Å². The van der Waals surface area contributed by atoms with Crippen LogP contribution in [0.3, 0.4) is 0 Å². The van der Waals surface area contributed by atoms with E-state index >= 15 is 0 Å². The van der Waals surface area contributed by atoms with Gasteiger partial charge in [0.1, 0.15) is 24.1 Å². The van der Waals surface area contributed by atoms with Crippen LogP contribution >= 0.6 is 0 Å². The summed E-state index contributed by atoms with van der Waals surface area (Å²) in [5.41, 5.74) is 4.94. The van der Waals surface area contributed by atoms with E-state index in [1.807, 2.05) is 0 Å². The number of ether oxygens (including phenoxy) is 3. The fourth-order valence-corrected chi connectivity index (χ4v) is 2.65. The van der Waals surface area contributed by atoms with Crippen LogP contribution in [0, 0.1) is 0 Å². The van der Waals surface area contributed by atoms with Gasteiger partial charge in [0.25, 0.3) is 0 Å². The fraction of sp³-hybridized carbons (Fsp3) is 0.667. The zero-order valence-corrected chi connectivity index (χ0v) is 11.2. The topological polar surface area (TPSA) is 109 Å². The van der Waals surface area contributed by atoms with Gasteiger partial charge in [-0.3, -0.25) is 4.57 Å². The summed E-state index contributed by atoms with van der Waals surface area (Å²) >= 11 is 0. The lowest BCUT2D eigenvalue weighted by Crippen LogP contribution is -2.35. The molecule has 1 aromatic heterocycles. The molecule has 0 spiro atoms. The maximum atomic E-state index is 11.9. The van der Waals surface area contributed by atoms with Crippen molar-refractivity contribution in [2.24, 2.45) is 0 Å². The molecule has 0 saturated carbocycles. The first kappa shape index (κ1) is 13.5. The summed E-state index contributed by atoms with van der Waals surface area (Å²) in [6.45, 7) is 3.34. The Kier molecular flexibility index (Phi) is 3.05. The zero-order valence-electron chi connectivity index (χ0n) is 11.2. The number of nitrogens with zero attached hydrogens (tertiary/aromatic N) is 2. The number of aliphatic hydroxyl groups is 1. The van der Waals surface area contributed by atoms with E-state index in [0.29, 0.717) is 0 Å². The van der Waals surface area contributed by atoms with Crippen molar-refractivity contribution < 1.29 is 19.3 Å². The van der Waals surface area contributed by atoms with E-state index in [2.05, 4.69) is 4.98 Å². The third-order valence-electron chi connectivity index (χ3n) is 3.43. The van der Waals surface area contributed by atoms with Crippen molar-refractivity contribution in [2.45, 2.75) is 44.2 Å². The highest BCUT2D eigenvalue weighted by molar-refractivity contribution is 5.23. The summed E-state index contributed by atoms with van der Waals surface area (Å²) in [7, 11) is 0. The summed E-state index contributed by atoms with van der Waals surface area (Å²) in [5, 5.41) is 9.38. The predicted octanol–water partition coefficient (Wildman–Crippen LogP) is -0.765. The molecule has 3 unspecified atom stereocenters. The molecule has 2 aliphatic rings. The Hall–Kier alpha value is -1.48. The quantitative estimate of drug-likeness (QED) is 0.734. The highest BCUT2D eigenvalue weighted by Crippen LogP contribution is 2.42. The second-order valence-corrected chi connectivity index (χ2v) is 5.35. The number of hydrogen-bond donors (Lipinski definition) is 2. The molecule has 3 rings (SSSR count). The number of rotatable bonds is 2. The average molecular weight is 283 g/mol. The molecule has 110 valence electrons. The van der Waals surface area contributed by atoms with Crippen LogP contribution in [0.15, 0.2) is 17.1 Å². The minimum atomic E-state index is -0.782. The molecule has 2 saturated heterocycles. The Morgan fingerprint density at radius 3 is 2.80 bits per heavy atom. The summed E-state index contributed by atoms with van der Waals surface area (Å²) in [5.74, 6) is -0.640. The first-order valence-electron chi connectivity index (χ1n) is 6.38. The Labute approximate surface area is 115 Å². The third-order valence-corrected chi connectivity index (χ3v) is 3.43. The lowest BCUT2D eigenvalue weighted by atomic mass is 10.1. The Bertz CT molecular complexity index is 572. The lowest BCUT2D eigenvalue weighted by Gasteiger charge is -2.24. The van der Waals surface area contributed by atoms with Crippen molar-refractivity contribution >= 4 is 5.82 Å². The molecule has 2 fully saturated rings. The largest absolute Gasteiger partial charge is 0.394 e. The van der Waals surface area contributed by atoms with E-state index in [0.717, 1.165) is 0 Å². The minimum absolute atomic E-state index is 0.142. The smallest absolute Gasteiger partial charge is 0.351 e. The maximum absolute atomic E-state index is 11.9. The van der Waals surface area contributed by atoms with Crippen LogP contribution in [0.25, 0.3) is 0 Å². The van der Waals surface area contributed by atoms with Crippen molar-refractivity contribution in [2.75, 3.05) is 12.3 Å². The van der Waals surface area contributed by atoms with E-state index in [9.17, 15) is 9.90 Å². The van der Waals surface area contributed by atoms with Crippen LogP contribution in [-0.2, 0) is 14.2 Å². The number of nitrogen functional groups attached to an aromatic ring is 1. The molecule has 0 aliphatic carbocycles. The zero-order chi connectivity index (χ0) is 14.5. The molecular formula is C12H17N3O5. The number of anilines is 1. The van der Waals surface area contributed by atoms with Crippen molar-refractivity contribution in [1.82, 2.24) is 9.55 Å². The van der Waals surface area contributed by atoms with E-state index < -0.39 is 36.0 Å². The minimum Gasteiger partial charge on any atom is -0.394 e. The molecule has 0 bridgehead atoms. The molecule has 20 heavy (non-hydrogen) atoms. The molecule has 0 aromatic carbocycles. The van der Waals surface area contributed by atoms with Gasteiger partial charge < -0.3 is 25.1 Å². The van der Waals surface area contributed by atoms with Gasteiger partial charge in [-0.15, -0.1) is 0 Å². The highest BCUT2D eigenvalue weighted by atomic mass is 16.8. The molecule has 1 aromatic rings. The van der Waals surface area contributed by atoms with Crippen molar-refractivity contribution in [3.05, 3.63) is 22.7 Å². The molecule has 3 N–H and O–H groups in total. The first-order chi connectivity index (χ1) is 9.41. The average Bonchev–Trinajstić information content (AvgIpc) is 2.83. The molecular weight excluding hydrogens is 266 g/mol. The molecule has 0 radical (unpaired) electrons. The number of nitrogens with two attached hydrogens (primary N) is 1. The lowest BCUT2D eigenvalue weighted by molar-refractivity contribution is -0.200. The Balaban J connectivity index is 1.96. The molecule has 8 nitrogen and oxygen atoms in total. The van der Waals surface area contributed by atoms with E-state index in [1.165, 1.54) is 16.8 Å². The molecule has 4 atom stereocenters. The summed E-state index contributed by atoms with van der Waals surface area (Å²) in [4.78, 5) is 15.6. The van der Waals surface area contributed by atoms with Crippen molar-refractivity contribution in [3.8, 4) is 0 Å². The van der Waals surface area contributed by atoms with Crippen LogP contribution in [0.1, 0.15) is 20.1 Å². The first-order valence-corrected chi connectivity index (χ1v) is 6.38. The SMILES string of the molecule is CC1(C)OC2C(CO)OC(n3ccc(N)nc3=O)[C@H]2O1. The second-order valence-electron chi connectivity index (χ2n) is 5.35. The van der Waals surface area contributed by atoms with E-state index in [1.54, 1.807) is 13.8 Å². The third kappa shape index (κ3) is 2.10. The number of hydrogen-bond acceptors (Lipinski definition) is 7. The van der Waals surface area contributed by atoms with Gasteiger partial charge in [-0.25, -0.2) is 4.79 Å². The van der Waals surface area contributed by atoms with Gasteiger partial charge in [-0.1, -0.05) is 0 Å². The molecule has 8 heteroatoms. The summed E-state index contributed by atoms with van der Waals surface area (Å²) < 4.78 is 18.5. The maximum Gasteiger partial charge on any atom is 0.351 e. The summed E-state index contributed by atoms with van der Waals surface area (Å²) in [6, 6.07) is 1.51. The molecule has 0 amide bonds. The van der Waals surface area contributed by atoms with Gasteiger partial charge in [0, 0.05) is 6.20 Å². The van der Waals surface area contributed by atoms with E-state index in [-0.39, 0.29) is 12.4 Å². The van der Waals surface area contributed by atoms with Gasteiger partial charge in [-0.2, -0.15) is 4.98 Å². The van der Waals surface area contributed by atoms with Gasteiger partial charge in [0.05, 0.1) is 6.61 Å². The van der Waals surface area contributed by atoms with Crippen molar-refractivity contribution in [3.63, 3.8) is 0 Å². The molecule has 3 heterocycles. The Morgan fingerprint density at radius 1 is 1.45 bits per heavy atom. The molecule has 2 aliphatic heterocycles. The standard InChI is InChI=1S/C12H17N3O5/c1-12(2)19-8-6(5-16)18-10(9(8)20-12)15-4-3-7(13)14-11(15)17/h3-4,6,8-10,16H,5H2,1-2H3,(H2,13,14,17)/t6?,8?,9-,10?/m0/s1. The van der Waals surface area contributed by atoms with Crippen LogP contribution in [0.5, 0.6) is 0 Å². The number of aromatic nitrogens is 2. The van der Waals surface area contributed by atoms with Crippen molar-refractivity contribution in [1.29, 1.82) is 0 Å². The second kappa shape index (κ2) is 4.52. The summed E-state index contributed by atoms with van der Waals surface area (Å²) in [6.07, 6.45) is -0.647. The fourth-order valence-electron chi connectivity index (χ4n) is 2.65. The van der Waals surface area contributed by atoms with Gasteiger partial charge in [0.2, 0.25) is 0 Å². The van der Waals surface area contributed by atoms with Crippen LogP contribution in [-0.4, -0.2) is 45.4 Å². The number of fused-ring (bicyclic) bond motifs is 1. The monoisotopic (exact) mass is 283 g/mol. The Morgan fingerprint density at radius 2 is 2.15 bits per heavy atom.